The van der Waals surface area contributed by atoms with Crippen molar-refractivity contribution in [3.8, 4) is 5.75 Å². The number of nitrogens with two attached hydrogens (primary N) is 1. The zero-order chi connectivity index (χ0) is 15.7. The molecule has 0 aliphatic carbocycles. The lowest BCUT2D eigenvalue weighted by atomic mass is 9.96. The number of carbonyl (C=O) groups is 1. The van der Waals surface area contributed by atoms with Crippen LogP contribution in [0.1, 0.15) is 31.7 Å². The monoisotopic (exact) mass is 295 g/mol. The minimum absolute atomic E-state index is 0.379. The molecule has 5 heteroatoms. The second-order valence-electron chi connectivity index (χ2n) is 5.30. The van der Waals surface area contributed by atoms with Crippen LogP contribution in [-0.4, -0.2) is 32.3 Å². The molecule has 0 bridgehead atoms. The molecule has 0 amide bonds. The van der Waals surface area contributed by atoms with E-state index in [1.807, 2.05) is 24.3 Å². The van der Waals surface area contributed by atoms with Gasteiger partial charge in [0, 0.05) is 7.11 Å². The van der Waals surface area contributed by atoms with Gasteiger partial charge < -0.3 is 19.9 Å². The summed E-state index contributed by atoms with van der Waals surface area (Å²) in [5, 5.41) is 0. The van der Waals surface area contributed by atoms with Gasteiger partial charge in [0.25, 0.3) is 0 Å². The molecule has 21 heavy (non-hydrogen) atoms. The van der Waals surface area contributed by atoms with E-state index in [1.165, 1.54) is 7.11 Å². The van der Waals surface area contributed by atoms with E-state index in [2.05, 4.69) is 4.74 Å². The number of unbranched alkanes of at least 4 members (excludes halogenated alkanes) is 1. The summed E-state index contributed by atoms with van der Waals surface area (Å²) in [5.74, 6) is 0.448. The highest BCUT2D eigenvalue weighted by Crippen LogP contribution is 2.16. The second kappa shape index (κ2) is 8.64. The molecule has 0 fully saturated rings. The van der Waals surface area contributed by atoms with E-state index in [-0.39, 0.29) is 5.97 Å². The first-order chi connectivity index (χ1) is 9.99. The Balaban J connectivity index is 2.28. The summed E-state index contributed by atoms with van der Waals surface area (Å²) in [6.45, 7) is 2.85. The van der Waals surface area contributed by atoms with Gasteiger partial charge in [-0.25, -0.2) is 0 Å². The number of carbonyl (C=O) groups excluding carboxylic acids is 1. The molecule has 0 spiro atoms. The van der Waals surface area contributed by atoms with Crippen LogP contribution in [0.4, 0.5) is 0 Å². The van der Waals surface area contributed by atoms with Gasteiger partial charge in [-0.1, -0.05) is 12.1 Å². The number of hydrogen-bond acceptors (Lipinski definition) is 5. The molecule has 0 aliphatic rings. The Morgan fingerprint density at radius 1 is 1.29 bits per heavy atom. The van der Waals surface area contributed by atoms with Crippen molar-refractivity contribution in [2.75, 3.05) is 20.8 Å². The molecule has 5 nitrogen and oxygen atoms in total. The fourth-order valence-corrected chi connectivity index (χ4v) is 2.01. The van der Waals surface area contributed by atoms with Crippen LogP contribution in [0.2, 0.25) is 0 Å². The minimum Gasteiger partial charge on any atom is -0.494 e. The lowest BCUT2D eigenvalue weighted by Gasteiger charge is -2.21. The Hall–Kier alpha value is -1.59. The third-order valence-electron chi connectivity index (χ3n) is 3.22. The molecule has 0 saturated carbocycles. The van der Waals surface area contributed by atoms with Crippen LogP contribution < -0.4 is 10.5 Å². The second-order valence-corrected chi connectivity index (χ2v) is 5.30. The van der Waals surface area contributed by atoms with Crippen LogP contribution in [0.5, 0.6) is 5.75 Å². The van der Waals surface area contributed by atoms with Crippen LogP contribution in [0.15, 0.2) is 24.3 Å². The first-order valence-corrected chi connectivity index (χ1v) is 7.07. The van der Waals surface area contributed by atoms with Crippen LogP contribution in [0, 0.1) is 0 Å². The largest absolute Gasteiger partial charge is 0.494 e. The molecule has 1 aromatic carbocycles. The minimum atomic E-state index is -0.923. The number of esters is 1. The summed E-state index contributed by atoms with van der Waals surface area (Å²) in [4.78, 5) is 11.4. The maximum atomic E-state index is 11.4. The Kier molecular flexibility index (Phi) is 7.19. The summed E-state index contributed by atoms with van der Waals surface area (Å²) in [6, 6.07) is 7.82. The third-order valence-corrected chi connectivity index (χ3v) is 3.22. The molecule has 0 aromatic heterocycles. The van der Waals surface area contributed by atoms with E-state index < -0.39 is 5.54 Å². The van der Waals surface area contributed by atoms with E-state index in [9.17, 15) is 4.79 Å². The number of benzene rings is 1. The average Bonchev–Trinajstić information content (AvgIpc) is 2.46. The van der Waals surface area contributed by atoms with Crippen molar-refractivity contribution in [2.45, 2.75) is 38.3 Å². The smallest absolute Gasteiger partial charge is 0.325 e. The van der Waals surface area contributed by atoms with Gasteiger partial charge in [0.1, 0.15) is 11.3 Å². The summed E-state index contributed by atoms with van der Waals surface area (Å²) in [7, 11) is 3.02. The Morgan fingerprint density at radius 2 is 2.05 bits per heavy atom. The van der Waals surface area contributed by atoms with Gasteiger partial charge in [-0.2, -0.15) is 0 Å². The molecule has 2 N–H and O–H groups in total. The van der Waals surface area contributed by atoms with Gasteiger partial charge in [0.15, 0.2) is 0 Å². The Bertz CT molecular complexity index is 446. The van der Waals surface area contributed by atoms with Gasteiger partial charge in [0.05, 0.1) is 20.3 Å². The number of ether oxygens (including phenoxy) is 3. The molecule has 1 unspecified atom stereocenters. The Labute approximate surface area is 126 Å². The van der Waals surface area contributed by atoms with Crippen LogP contribution in [0.3, 0.4) is 0 Å². The quantitative estimate of drug-likeness (QED) is 0.559. The summed E-state index contributed by atoms with van der Waals surface area (Å²) < 4.78 is 15.4. The number of rotatable bonds is 9. The standard InChI is InChI=1S/C16H25NO4/c1-16(17,15(18)20-3)9-4-5-10-21-14-8-6-7-13(11-14)12-19-2/h6-8,11H,4-5,9-10,12,17H2,1-3H3. The van der Waals surface area contributed by atoms with Gasteiger partial charge in [0.2, 0.25) is 0 Å². The summed E-state index contributed by atoms with van der Waals surface area (Å²) >= 11 is 0. The Morgan fingerprint density at radius 3 is 2.71 bits per heavy atom. The molecule has 1 atom stereocenters. The van der Waals surface area contributed by atoms with Gasteiger partial charge in [-0.3, -0.25) is 4.79 Å². The molecule has 1 rings (SSSR count). The molecule has 0 aliphatic heterocycles. The lowest BCUT2D eigenvalue weighted by molar-refractivity contribution is -0.146. The third kappa shape index (κ3) is 6.14. The van der Waals surface area contributed by atoms with Crippen molar-refractivity contribution in [1.82, 2.24) is 0 Å². The first-order valence-electron chi connectivity index (χ1n) is 7.07. The first kappa shape index (κ1) is 17.5. The van der Waals surface area contributed by atoms with Crippen molar-refractivity contribution in [1.29, 1.82) is 0 Å². The molecule has 0 radical (unpaired) electrons. The highest BCUT2D eigenvalue weighted by atomic mass is 16.5. The highest BCUT2D eigenvalue weighted by molar-refractivity contribution is 5.79. The predicted octanol–water partition coefficient (Wildman–Crippen LogP) is 2.27. The molecule has 118 valence electrons. The molecule has 0 saturated heterocycles. The average molecular weight is 295 g/mol. The maximum Gasteiger partial charge on any atom is 0.325 e. The van der Waals surface area contributed by atoms with Crippen molar-refractivity contribution in [3.05, 3.63) is 29.8 Å². The van der Waals surface area contributed by atoms with Crippen LogP contribution in [0.25, 0.3) is 0 Å². The lowest BCUT2D eigenvalue weighted by Crippen LogP contribution is -2.45. The summed E-state index contributed by atoms with van der Waals surface area (Å²) in [6.07, 6.45) is 2.21. The van der Waals surface area contributed by atoms with Gasteiger partial charge in [-0.15, -0.1) is 0 Å². The fraction of sp³-hybridized carbons (Fsp3) is 0.562. The fourth-order valence-electron chi connectivity index (χ4n) is 2.01. The molecule has 0 heterocycles. The van der Waals surface area contributed by atoms with Crippen molar-refractivity contribution < 1.29 is 19.0 Å². The SMILES string of the molecule is COCc1cccc(OCCCCC(C)(N)C(=O)OC)c1. The van der Waals surface area contributed by atoms with Crippen molar-refractivity contribution >= 4 is 5.97 Å². The van der Waals surface area contributed by atoms with Crippen molar-refractivity contribution in [2.24, 2.45) is 5.73 Å². The van der Waals surface area contributed by atoms with Crippen molar-refractivity contribution in [3.63, 3.8) is 0 Å². The number of hydrogen-bond donors (Lipinski definition) is 1. The molecular formula is C16H25NO4. The zero-order valence-electron chi connectivity index (χ0n) is 13.1. The topological polar surface area (TPSA) is 70.8 Å². The highest BCUT2D eigenvalue weighted by Gasteiger charge is 2.28. The number of methoxy groups -OCH3 is 2. The van der Waals surface area contributed by atoms with Crippen LogP contribution in [-0.2, 0) is 20.9 Å². The van der Waals surface area contributed by atoms with Crippen LogP contribution >= 0.6 is 0 Å². The molecular weight excluding hydrogens is 270 g/mol. The molecule has 1 aromatic rings. The van der Waals surface area contributed by atoms with E-state index in [0.717, 1.165) is 24.2 Å². The van der Waals surface area contributed by atoms with E-state index in [0.29, 0.717) is 19.6 Å². The predicted molar refractivity (Wildman–Crippen MR) is 81.1 cm³/mol. The van der Waals surface area contributed by atoms with E-state index in [4.69, 9.17) is 15.2 Å². The van der Waals surface area contributed by atoms with Gasteiger partial charge >= 0.3 is 5.97 Å². The van der Waals surface area contributed by atoms with E-state index in [1.54, 1.807) is 14.0 Å². The van der Waals surface area contributed by atoms with Gasteiger partial charge in [-0.05, 0) is 43.9 Å². The van der Waals surface area contributed by atoms with E-state index >= 15 is 0 Å². The summed E-state index contributed by atoms with van der Waals surface area (Å²) in [5.41, 5.74) is 6.04. The normalized spacial score (nSPS) is 13.5. The maximum absolute atomic E-state index is 11.4. The zero-order valence-corrected chi connectivity index (χ0v) is 13.1.